The average Bonchev–Trinajstić information content (AvgIpc) is 2.41. The Morgan fingerprint density at radius 1 is 1.47 bits per heavy atom. The number of hydrogen-bond donors (Lipinski definition) is 3. The van der Waals surface area contributed by atoms with Crippen LogP contribution in [0.1, 0.15) is 11.1 Å². The largest absolute Gasteiger partial charge is 0.504 e. The first-order valence-corrected chi connectivity index (χ1v) is 6.26. The molecular weight excluding hydrogens is 280 g/mol. The number of pyridine rings is 1. The van der Waals surface area contributed by atoms with Crippen molar-refractivity contribution < 1.29 is 9.29 Å². The van der Waals surface area contributed by atoms with Gasteiger partial charge in [0.25, 0.3) is 0 Å². The van der Waals surface area contributed by atoms with E-state index < -0.39 is 0 Å². The lowest BCUT2D eigenvalue weighted by atomic mass is 10.2. The third-order valence-electron chi connectivity index (χ3n) is 2.55. The van der Waals surface area contributed by atoms with Crippen LogP contribution in [0.3, 0.4) is 0 Å². The maximum absolute atomic E-state index is 9.88. The number of hydrogen-bond acceptors (Lipinski definition) is 5. The zero-order valence-corrected chi connectivity index (χ0v) is 11.8. The molecule has 0 aliphatic rings. The highest BCUT2D eigenvalue weighted by Gasteiger charge is 2.05. The Hall–Kier alpha value is -1.79. The molecule has 0 bridgehead atoms. The highest BCUT2D eigenvalue weighted by Crippen LogP contribution is 2.29. The molecule has 6 heteroatoms. The Morgan fingerprint density at radius 3 is 2.95 bits per heavy atom. The number of aromatic nitrogens is 1. The summed E-state index contributed by atoms with van der Waals surface area (Å²) in [6, 6.07) is 6.96. The number of nitrogens with one attached hydrogen (secondary N) is 1. The number of aliphatic imine (C=N–C) groups is 1. The van der Waals surface area contributed by atoms with Crippen LogP contribution in [0.15, 0.2) is 35.5 Å². The van der Waals surface area contributed by atoms with Gasteiger partial charge in [0.05, 0.1) is 5.69 Å². The van der Waals surface area contributed by atoms with E-state index in [1.54, 1.807) is 30.6 Å². The van der Waals surface area contributed by atoms with Crippen molar-refractivity contribution in [2.24, 2.45) is 4.99 Å². The molecule has 0 fully saturated rings. The second-order valence-electron chi connectivity index (χ2n) is 3.91. The number of para-hydroxylation sites is 1. The SMILES string of the molecule is Cc1cc(N=Cc2cccc(OS)c2O)c[nH]c1=S. The minimum absolute atomic E-state index is 0.00170. The van der Waals surface area contributed by atoms with Crippen LogP contribution < -0.4 is 4.18 Å². The lowest BCUT2D eigenvalue weighted by Crippen LogP contribution is -1.86. The molecule has 0 saturated heterocycles. The number of phenolic OH excluding ortho intramolecular Hbond substituents is 1. The molecule has 19 heavy (non-hydrogen) atoms. The molecule has 1 aromatic carbocycles. The van der Waals surface area contributed by atoms with E-state index in [1.807, 2.05) is 13.0 Å². The van der Waals surface area contributed by atoms with E-state index >= 15 is 0 Å². The molecule has 1 heterocycles. The predicted molar refractivity (Wildman–Crippen MR) is 81.3 cm³/mol. The maximum Gasteiger partial charge on any atom is 0.179 e. The molecule has 0 aliphatic heterocycles. The Morgan fingerprint density at radius 2 is 2.26 bits per heavy atom. The number of aryl methyl sites for hydroxylation is 1. The minimum Gasteiger partial charge on any atom is -0.504 e. The van der Waals surface area contributed by atoms with E-state index in [1.165, 1.54) is 0 Å². The Kier molecular flexibility index (Phi) is 4.24. The Labute approximate surface area is 121 Å². The zero-order chi connectivity index (χ0) is 13.8. The van der Waals surface area contributed by atoms with Gasteiger partial charge < -0.3 is 14.3 Å². The van der Waals surface area contributed by atoms with Gasteiger partial charge in [-0.15, -0.1) is 0 Å². The van der Waals surface area contributed by atoms with Crippen LogP contribution >= 0.6 is 25.1 Å². The van der Waals surface area contributed by atoms with Crippen molar-refractivity contribution in [1.29, 1.82) is 0 Å². The van der Waals surface area contributed by atoms with Gasteiger partial charge in [-0.25, -0.2) is 0 Å². The van der Waals surface area contributed by atoms with E-state index in [-0.39, 0.29) is 11.5 Å². The molecule has 2 N–H and O–H groups in total. The fourth-order valence-corrected chi connectivity index (χ4v) is 1.78. The summed E-state index contributed by atoms with van der Waals surface area (Å²) in [5.41, 5.74) is 2.22. The topological polar surface area (TPSA) is 57.6 Å². The number of nitrogens with zero attached hydrogens (tertiary/aromatic N) is 1. The van der Waals surface area contributed by atoms with E-state index in [9.17, 15) is 5.11 Å². The first-order valence-electron chi connectivity index (χ1n) is 5.48. The Balaban J connectivity index is 2.32. The van der Waals surface area contributed by atoms with Crippen molar-refractivity contribution in [3.05, 3.63) is 46.2 Å². The molecule has 0 saturated carbocycles. The smallest absolute Gasteiger partial charge is 0.179 e. The van der Waals surface area contributed by atoms with Crippen LogP contribution in [0.5, 0.6) is 11.5 Å². The quantitative estimate of drug-likeness (QED) is 0.350. The van der Waals surface area contributed by atoms with Gasteiger partial charge in [0.2, 0.25) is 0 Å². The highest BCUT2D eigenvalue weighted by molar-refractivity contribution is 7.75. The van der Waals surface area contributed by atoms with Gasteiger partial charge >= 0.3 is 0 Å². The third-order valence-corrected chi connectivity index (χ3v) is 3.19. The first-order chi connectivity index (χ1) is 9.11. The molecule has 0 spiro atoms. The zero-order valence-electron chi connectivity index (χ0n) is 10.1. The van der Waals surface area contributed by atoms with Gasteiger partial charge in [-0.3, -0.25) is 4.99 Å². The van der Waals surface area contributed by atoms with E-state index in [0.717, 1.165) is 11.3 Å². The number of H-pyrrole nitrogens is 1. The highest BCUT2D eigenvalue weighted by atomic mass is 32.1. The second-order valence-corrected chi connectivity index (χ2v) is 4.50. The van der Waals surface area contributed by atoms with Crippen LogP contribution in [0.4, 0.5) is 5.69 Å². The molecule has 1 aromatic heterocycles. The van der Waals surface area contributed by atoms with E-state index in [2.05, 4.69) is 22.9 Å². The van der Waals surface area contributed by atoms with Crippen molar-refractivity contribution >= 4 is 37.0 Å². The van der Waals surface area contributed by atoms with E-state index in [4.69, 9.17) is 16.4 Å². The molecule has 98 valence electrons. The Bertz CT molecular complexity index is 681. The van der Waals surface area contributed by atoms with Crippen molar-refractivity contribution in [2.75, 3.05) is 0 Å². The summed E-state index contributed by atoms with van der Waals surface area (Å²) < 4.78 is 5.42. The predicted octanol–water partition coefficient (Wildman–Crippen LogP) is 3.73. The summed E-state index contributed by atoms with van der Waals surface area (Å²) in [6.07, 6.45) is 3.26. The molecule has 0 unspecified atom stereocenters. The molecule has 0 radical (unpaired) electrons. The summed E-state index contributed by atoms with van der Waals surface area (Å²) in [7, 11) is 0. The van der Waals surface area contributed by atoms with Crippen LogP contribution in [-0.2, 0) is 0 Å². The minimum atomic E-state index is 0.00170. The monoisotopic (exact) mass is 292 g/mol. The maximum atomic E-state index is 9.88. The molecule has 0 amide bonds. The van der Waals surface area contributed by atoms with E-state index in [0.29, 0.717) is 10.2 Å². The number of aromatic hydroxyl groups is 1. The summed E-state index contributed by atoms with van der Waals surface area (Å²) in [4.78, 5) is 7.21. The number of aromatic amines is 1. The van der Waals surface area contributed by atoms with Gasteiger partial charge in [0.1, 0.15) is 4.64 Å². The van der Waals surface area contributed by atoms with Crippen molar-refractivity contribution in [2.45, 2.75) is 6.92 Å². The molecular formula is C13H12N2O2S2. The summed E-state index contributed by atoms with van der Waals surface area (Å²) in [5.74, 6) is 0.290. The van der Waals surface area contributed by atoms with Crippen molar-refractivity contribution in [3.8, 4) is 11.5 Å². The van der Waals surface area contributed by atoms with Gasteiger partial charge in [0, 0.05) is 30.9 Å². The lowest BCUT2D eigenvalue weighted by molar-refractivity contribution is 0.451. The van der Waals surface area contributed by atoms with Gasteiger partial charge in [-0.2, -0.15) is 0 Å². The number of phenols is 1. The van der Waals surface area contributed by atoms with Gasteiger partial charge in [-0.05, 0) is 30.7 Å². The standard InChI is InChI=1S/C13H12N2O2S2/c1-8-5-10(7-15-13(8)18)14-6-9-3-2-4-11(17-19)12(9)16/h2-7,16,19H,1H3,(H,15,18). The molecule has 0 aliphatic carbocycles. The second kappa shape index (κ2) is 5.90. The van der Waals surface area contributed by atoms with Crippen molar-refractivity contribution in [3.63, 3.8) is 0 Å². The first kappa shape index (κ1) is 13.6. The normalized spacial score (nSPS) is 10.8. The number of rotatable bonds is 3. The van der Waals surface area contributed by atoms with Crippen molar-refractivity contribution in [1.82, 2.24) is 4.98 Å². The van der Waals surface area contributed by atoms with Crippen LogP contribution in [-0.4, -0.2) is 16.3 Å². The van der Waals surface area contributed by atoms with Crippen LogP contribution in [0.25, 0.3) is 0 Å². The average molecular weight is 292 g/mol. The molecule has 0 atom stereocenters. The summed E-state index contributed by atoms with van der Waals surface area (Å²) >= 11 is 8.74. The number of benzene rings is 1. The summed E-state index contributed by atoms with van der Waals surface area (Å²) in [5, 5.41) is 9.88. The fraction of sp³-hybridized carbons (Fsp3) is 0.0769. The fourth-order valence-electron chi connectivity index (χ4n) is 1.52. The van der Waals surface area contributed by atoms with Gasteiger partial charge in [0.15, 0.2) is 11.5 Å². The molecule has 2 rings (SSSR count). The van der Waals surface area contributed by atoms with Crippen LogP contribution in [0.2, 0.25) is 0 Å². The van der Waals surface area contributed by atoms with Crippen LogP contribution in [0, 0.1) is 11.6 Å². The van der Waals surface area contributed by atoms with Gasteiger partial charge in [-0.1, -0.05) is 18.3 Å². The third kappa shape index (κ3) is 3.15. The number of thiol groups is 1. The molecule has 2 aromatic rings. The molecule has 4 nitrogen and oxygen atoms in total. The summed E-state index contributed by atoms with van der Waals surface area (Å²) in [6.45, 7) is 1.91. The lowest BCUT2D eigenvalue weighted by Gasteiger charge is -2.03.